The molecule has 0 saturated carbocycles. The normalized spacial score (nSPS) is 11.0. The highest BCUT2D eigenvalue weighted by atomic mass is 32.1. The van der Waals surface area contributed by atoms with Crippen molar-refractivity contribution < 1.29 is 0 Å². The predicted molar refractivity (Wildman–Crippen MR) is 134 cm³/mol. The Balaban J connectivity index is 1.53. The molecule has 0 aliphatic carbocycles. The molecule has 1 aromatic heterocycles. The molecule has 152 valence electrons. The third-order valence-electron chi connectivity index (χ3n) is 5.07. The summed E-state index contributed by atoms with van der Waals surface area (Å²) in [5.74, 6) is 0. The molecule has 6 heteroatoms. The monoisotopic (exact) mass is 424 g/mol. The Labute approximate surface area is 183 Å². The minimum atomic E-state index is 0.0191. The number of fused-ring (bicyclic) bond motifs is 2. The quantitative estimate of drug-likeness (QED) is 0.208. The van der Waals surface area contributed by atoms with Crippen LogP contribution in [0.3, 0.4) is 0 Å². The van der Waals surface area contributed by atoms with Crippen molar-refractivity contribution >= 4 is 65.6 Å². The van der Waals surface area contributed by atoms with E-state index in [0.717, 1.165) is 32.1 Å². The molecule has 5 rings (SSSR count). The van der Waals surface area contributed by atoms with Gasteiger partial charge in [0.05, 0.1) is 0 Å². The predicted octanol–water partition coefficient (Wildman–Crippen LogP) is 6.07. The molecule has 0 bridgehead atoms. The second kappa shape index (κ2) is 7.66. The van der Waals surface area contributed by atoms with E-state index in [2.05, 4.69) is 10.6 Å². The zero-order chi connectivity index (χ0) is 21.4. The number of nitrogens with one attached hydrogen (secondary N) is 2. The van der Waals surface area contributed by atoms with Crippen molar-refractivity contribution in [2.75, 3.05) is 22.1 Å². The molecule has 5 nitrogen and oxygen atoms in total. The summed E-state index contributed by atoms with van der Waals surface area (Å²) in [5.41, 5.74) is 16.5. The Morgan fingerprint density at radius 2 is 0.935 bits per heavy atom. The van der Waals surface area contributed by atoms with Crippen LogP contribution in [0.1, 0.15) is 0 Å². The smallest absolute Gasteiger partial charge is 0.196 e. The summed E-state index contributed by atoms with van der Waals surface area (Å²) in [7, 11) is 0. The number of nitrogen functional groups attached to an aromatic ring is 2. The first kappa shape index (κ1) is 19.0. The van der Waals surface area contributed by atoms with Crippen molar-refractivity contribution in [1.82, 2.24) is 0 Å². The van der Waals surface area contributed by atoms with E-state index in [1.807, 2.05) is 84.9 Å². The standard InChI is InChI=1S/C25H20N4OS/c26-15-1-5-17(6-2-15)28-19-9-11-23-21(13-19)25(30)22-14-20(10-12-24(22)31-23)29-18-7-3-16(27)4-8-18/h1-14,28-29H,26-27H2. The van der Waals surface area contributed by atoms with Crippen LogP contribution in [0.2, 0.25) is 0 Å². The van der Waals surface area contributed by atoms with Crippen LogP contribution in [0.15, 0.2) is 89.7 Å². The van der Waals surface area contributed by atoms with Crippen molar-refractivity contribution in [3.8, 4) is 0 Å². The second-order valence-electron chi connectivity index (χ2n) is 7.35. The molecular formula is C25H20N4OS. The van der Waals surface area contributed by atoms with Gasteiger partial charge in [0.25, 0.3) is 0 Å². The molecule has 0 amide bonds. The van der Waals surface area contributed by atoms with E-state index in [4.69, 9.17) is 11.5 Å². The number of rotatable bonds is 4. The topological polar surface area (TPSA) is 93.2 Å². The van der Waals surface area contributed by atoms with Crippen LogP contribution in [0.4, 0.5) is 34.1 Å². The maximum Gasteiger partial charge on any atom is 0.196 e. The van der Waals surface area contributed by atoms with Crippen LogP contribution in [0.5, 0.6) is 0 Å². The van der Waals surface area contributed by atoms with Gasteiger partial charge in [-0.2, -0.15) is 0 Å². The van der Waals surface area contributed by atoms with Gasteiger partial charge in [-0.25, -0.2) is 0 Å². The molecule has 0 aliphatic rings. The van der Waals surface area contributed by atoms with E-state index < -0.39 is 0 Å². The summed E-state index contributed by atoms with van der Waals surface area (Å²) in [6, 6.07) is 26.8. The molecule has 0 aliphatic heterocycles. The number of hydrogen-bond donors (Lipinski definition) is 4. The second-order valence-corrected chi connectivity index (χ2v) is 8.43. The van der Waals surface area contributed by atoms with Gasteiger partial charge in [-0.3, -0.25) is 4.79 Å². The average Bonchev–Trinajstić information content (AvgIpc) is 2.78. The van der Waals surface area contributed by atoms with Gasteiger partial charge >= 0.3 is 0 Å². The van der Waals surface area contributed by atoms with E-state index >= 15 is 0 Å². The average molecular weight is 425 g/mol. The third kappa shape index (κ3) is 3.89. The highest BCUT2D eigenvalue weighted by Gasteiger charge is 2.09. The van der Waals surface area contributed by atoms with E-state index in [0.29, 0.717) is 22.1 Å². The van der Waals surface area contributed by atoms with Crippen molar-refractivity contribution in [2.45, 2.75) is 0 Å². The Morgan fingerprint density at radius 3 is 1.35 bits per heavy atom. The van der Waals surface area contributed by atoms with Crippen LogP contribution >= 0.6 is 11.3 Å². The molecule has 0 atom stereocenters. The summed E-state index contributed by atoms with van der Waals surface area (Å²) in [5, 5.41) is 8.06. The lowest BCUT2D eigenvalue weighted by Crippen LogP contribution is -2.02. The number of anilines is 6. The molecule has 6 N–H and O–H groups in total. The minimum Gasteiger partial charge on any atom is -0.399 e. The first-order valence-electron chi connectivity index (χ1n) is 9.81. The van der Waals surface area contributed by atoms with E-state index in [-0.39, 0.29) is 5.43 Å². The van der Waals surface area contributed by atoms with Gasteiger partial charge in [-0.1, -0.05) is 0 Å². The molecule has 0 fully saturated rings. The maximum absolute atomic E-state index is 13.3. The van der Waals surface area contributed by atoms with Gasteiger partial charge in [-0.15, -0.1) is 11.3 Å². The van der Waals surface area contributed by atoms with Crippen LogP contribution in [-0.4, -0.2) is 0 Å². The van der Waals surface area contributed by atoms with Crippen molar-refractivity contribution in [3.63, 3.8) is 0 Å². The van der Waals surface area contributed by atoms with Crippen LogP contribution in [0.25, 0.3) is 20.2 Å². The van der Waals surface area contributed by atoms with Crippen molar-refractivity contribution in [3.05, 3.63) is 95.2 Å². The lowest BCUT2D eigenvalue weighted by molar-refractivity contribution is 1.56. The zero-order valence-electron chi connectivity index (χ0n) is 16.6. The van der Waals surface area contributed by atoms with Crippen LogP contribution in [0, 0.1) is 0 Å². The van der Waals surface area contributed by atoms with Crippen LogP contribution < -0.4 is 27.5 Å². The van der Waals surface area contributed by atoms with E-state index in [9.17, 15) is 4.79 Å². The largest absolute Gasteiger partial charge is 0.399 e. The van der Waals surface area contributed by atoms with Crippen molar-refractivity contribution in [1.29, 1.82) is 0 Å². The molecule has 0 radical (unpaired) electrons. The molecule has 0 saturated heterocycles. The lowest BCUT2D eigenvalue weighted by Gasteiger charge is -2.10. The number of nitrogens with two attached hydrogens (primary N) is 2. The summed E-state index contributed by atoms with van der Waals surface area (Å²) in [6.07, 6.45) is 0. The Hall–Kier alpha value is -4.03. The lowest BCUT2D eigenvalue weighted by atomic mass is 10.1. The minimum absolute atomic E-state index is 0.0191. The zero-order valence-corrected chi connectivity index (χ0v) is 17.4. The highest BCUT2D eigenvalue weighted by Crippen LogP contribution is 2.30. The molecule has 31 heavy (non-hydrogen) atoms. The number of hydrogen-bond acceptors (Lipinski definition) is 6. The van der Waals surface area contributed by atoms with Crippen LogP contribution in [-0.2, 0) is 0 Å². The Kier molecular flexibility index (Phi) is 4.69. The van der Waals surface area contributed by atoms with Gasteiger partial charge in [0.2, 0.25) is 0 Å². The Morgan fingerprint density at radius 1 is 0.548 bits per heavy atom. The number of benzene rings is 4. The van der Waals surface area contributed by atoms with Gasteiger partial charge in [-0.05, 0) is 84.9 Å². The summed E-state index contributed by atoms with van der Waals surface area (Å²) in [6.45, 7) is 0. The highest BCUT2D eigenvalue weighted by molar-refractivity contribution is 7.24. The van der Waals surface area contributed by atoms with E-state index in [1.165, 1.54) is 0 Å². The molecule has 0 spiro atoms. The van der Waals surface area contributed by atoms with Gasteiger partial charge in [0.15, 0.2) is 5.43 Å². The molecular weight excluding hydrogens is 404 g/mol. The summed E-state index contributed by atoms with van der Waals surface area (Å²) in [4.78, 5) is 13.3. The maximum atomic E-state index is 13.3. The third-order valence-corrected chi connectivity index (χ3v) is 6.22. The van der Waals surface area contributed by atoms with E-state index in [1.54, 1.807) is 11.3 Å². The fourth-order valence-electron chi connectivity index (χ4n) is 3.48. The first-order valence-corrected chi connectivity index (χ1v) is 10.6. The molecule has 5 aromatic rings. The summed E-state index contributed by atoms with van der Waals surface area (Å²) < 4.78 is 1.92. The molecule has 4 aromatic carbocycles. The summed E-state index contributed by atoms with van der Waals surface area (Å²) >= 11 is 1.61. The van der Waals surface area contributed by atoms with Gasteiger partial charge in [0.1, 0.15) is 0 Å². The molecule has 1 heterocycles. The fourth-order valence-corrected chi connectivity index (χ4v) is 4.51. The fraction of sp³-hybridized carbons (Fsp3) is 0. The van der Waals surface area contributed by atoms with Crippen molar-refractivity contribution in [2.24, 2.45) is 0 Å². The molecule has 0 unspecified atom stereocenters. The van der Waals surface area contributed by atoms with Gasteiger partial charge < -0.3 is 22.1 Å². The first-order chi connectivity index (χ1) is 15.0. The van der Waals surface area contributed by atoms with Gasteiger partial charge in [0, 0.05) is 54.3 Å². The SMILES string of the molecule is Nc1ccc(Nc2ccc3sc4ccc(Nc5ccc(N)cc5)cc4c(=O)c3c2)cc1. The Bertz CT molecular complexity index is 1350.